The van der Waals surface area contributed by atoms with Crippen LogP contribution in [0.2, 0.25) is 0 Å². The van der Waals surface area contributed by atoms with E-state index in [1.165, 1.54) is 12.1 Å². The zero-order valence-corrected chi connectivity index (χ0v) is 14.6. The molecule has 0 amide bonds. The van der Waals surface area contributed by atoms with Crippen molar-refractivity contribution in [2.75, 3.05) is 0 Å². The summed E-state index contributed by atoms with van der Waals surface area (Å²) in [5.41, 5.74) is 1.96. The summed E-state index contributed by atoms with van der Waals surface area (Å²) >= 11 is 10.2. The van der Waals surface area contributed by atoms with Gasteiger partial charge in [-0.15, -0.1) is 0 Å². The Bertz CT molecular complexity index is 587. The van der Waals surface area contributed by atoms with Crippen LogP contribution in [0.15, 0.2) is 45.3 Å². The quantitative estimate of drug-likeness (QED) is 0.531. The molecule has 19 heavy (non-hydrogen) atoms. The summed E-state index contributed by atoms with van der Waals surface area (Å²) < 4.78 is 20.5. The number of para-hydroxylation sites is 1. The lowest BCUT2D eigenvalue weighted by molar-refractivity contribution is 0.301. The molecule has 0 unspecified atom stereocenters. The molecule has 0 saturated heterocycles. The second-order valence-electron chi connectivity index (χ2n) is 3.89. The number of hydrogen-bond donors (Lipinski definition) is 0. The summed E-state index contributed by atoms with van der Waals surface area (Å²) in [6.07, 6.45) is 0. The van der Waals surface area contributed by atoms with Gasteiger partial charge in [0.2, 0.25) is 0 Å². The summed E-state index contributed by atoms with van der Waals surface area (Å²) in [5.74, 6) is 0.535. The van der Waals surface area contributed by atoms with E-state index in [0.717, 1.165) is 21.3 Å². The lowest BCUT2D eigenvalue weighted by Crippen LogP contribution is -1.99. The Morgan fingerprint density at radius 3 is 2.47 bits per heavy atom. The Hall–Kier alpha value is -0.390. The van der Waals surface area contributed by atoms with Gasteiger partial charge in [-0.3, -0.25) is 0 Å². The second kappa shape index (κ2) is 6.86. The number of hydrogen-bond acceptors (Lipinski definition) is 1. The molecule has 0 saturated carbocycles. The number of halogens is 4. The predicted molar refractivity (Wildman–Crippen MR) is 85.2 cm³/mol. The first-order valence-corrected chi connectivity index (χ1v) is 8.22. The summed E-state index contributed by atoms with van der Waals surface area (Å²) in [6.45, 7) is 0.378. The lowest BCUT2D eigenvalue weighted by Gasteiger charge is -2.13. The van der Waals surface area contributed by atoms with E-state index in [0.29, 0.717) is 16.4 Å². The predicted octanol–water partition coefficient (Wildman–Crippen LogP) is 5.82. The van der Waals surface area contributed by atoms with E-state index in [1.54, 1.807) is 6.07 Å². The maximum Gasteiger partial charge on any atom is 0.138 e. The zero-order chi connectivity index (χ0) is 13.8. The van der Waals surface area contributed by atoms with Crippen molar-refractivity contribution in [1.82, 2.24) is 0 Å². The van der Waals surface area contributed by atoms with E-state index in [9.17, 15) is 4.39 Å². The molecule has 2 aromatic carbocycles. The first-order chi connectivity index (χ1) is 9.11. The van der Waals surface area contributed by atoms with E-state index in [2.05, 4.69) is 47.8 Å². The van der Waals surface area contributed by atoms with E-state index < -0.39 is 0 Å². The van der Waals surface area contributed by atoms with Crippen LogP contribution in [0, 0.1) is 5.82 Å². The summed E-state index contributed by atoms with van der Waals surface area (Å²) in [7, 11) is 0. The Labute approximate surface area is 136 Å². The average molecular weight is 453 g/mol. The fraction of sp³-hybridized carbons (Fsp3) is 0.143. The van der Waals surface area contributed by atoms with Crippen molar-refractivity contribution in [3.05, 3.63) is 62.3 Å². The summed E-state index contributed by atoms with van der Waals surface area (Å²) in [4.78, 5) is 0. The van der Waals surface area contributed by atoms with Gasteiger partial charge in [0.05, 0.1) is 4.47 Å². The fourth-order valence-corrected chi connectivity index (χ4v) is 3.04. The van der Waals surface area contributed by atoms with Crippen LogP contribution in [-0.4, -0.2) is 0 Å². The van der Waals surface area contributed by atoms with Gasteiger partial charge in [-0.25, -0.2) is 4.39 Å². The first-order valence-electron chi connectivity index (χ1n) is 5.52. The van der Waals surface area contributed by atoms with Gasteiger partial charge < -0.3 is 4.74 Å². The van der Waals surface area contributed by atoms with Gasteiger partial charge in [0.1, 0.15) is 18.2 Å². The van der Waals surface area contributed by atoms with Gasteiger partial charge in [0.25, 0.3) is 0 Å². The number of alkyl halides is 1. The molecule has 0 aliphatic carbocycles. The molecule has 0 fully saturated rings. The van der Waals surface area contributed by atoms with Gasteiger partial charge in [0.15, 0.2) is 0 Å². The Kier molecular flexibility index (Phi) is 5.42. The van der Waals surface area contributed by atoms with Crippen molar-refractivity contribution in [3.8, 4) is 5.75 Å². The number of benzene rings is 2. The lowest BCUT2D eigenvalue weighted by atomic mass is 10.2. The SMILES string of the molecule is Fc1ccc(COc2c(Br)cccc2CBr)c(Br)c1. The first kappa shape index (κ1) is 15.0. The third-order valence-electron chi connectivity index (χ3n) is 2.58. The van der Waals surface area contributed by atoms with Crippen molar-refractivity contribution < 1.29 is 9.13 Å². The molecular formula is C14H10Br3FO. The summed E-state index contributed by atoms with van der Waals surface area (Å²) in [5, 5.41) is 0.715. The van der Waals surface area contributed by atoms with Crippen LogP contribution in [0.25, 0.3) is 0 Å². The third kappa shape index (κ3) is 3.80. The van der Waals surface area contributed by atoms with Crippen LogP contribution in [0.3, 0.4) is 0 Å². The zero-order valence-electron chi connectivity index (χ0n) is 9.80. The van der Waals surface area contributed by atoms with Gasteiger partial charge in [-0.1, -0.05) is 50.1 Å². The molecule has 2 rings (SSSR count). The third-order valence-corrected chi connectivity index (χ3v) is 4.55. The maximum absolute atomic E-state index is 13.0. The van der Waals surface area contributed by atoms with E-state index >= 15 is 0 Å². The minimum absolute atomic E-state index is 0.266. The minimum atomic E-state index is -0.266. The van der Waals surface area contributed by atoms with Crippen LogP contribution in [0.5, 0.6) is 5.75 Å². The van der Waals surface area contributed by atoms with Crippen molar-refractivity contribution in [1.29, 1.82) is 0 Å². The monoisotopic (exact) mass is 450 g/mol. The topological polar surface area (TPSA) is 9.23 Å². The minimum Gasteiger partial charge on any atom is -0.487 e. The molecule has 0 spiro atoms. The summed E-state index contributed by atoms with van der Waals surface area (Å²) in [6, 6.07) is 10.5. The molecule has 0 heterocycles. The molecule has 0 N–H and O–H groups in total. The molecule has 0 atom stereocenters. The average Bonchev–Trinajstić information content (AvgIpc) is 2.39. The van der Waals surface area contributed by atoms with E-state index in [4.69, 9.17) is 4.74 Å². The van der Waals surface area contributed by atoms with E-state index in [1.807, 2.05) is 18.2 Å². The molecular weight excluding hydrogens is 443 g/mol. The van der Waals surface area contributed by atoms with Gasteiger partial charge >= 0.3 is 0 Å². The van der Waals surface area contributed by atoms with Crippen molar-refractivity contribution >= 4 is 47.8 Å². The standard InChI is InChI=1S/C14H10Br3FO/c15-7-9-2-1-3-12(16)14(9)19-8-10-4-5-11(18)6-13(10)17/h1-6H,7-8H2. The van der Waals surface area contributed by atoms with Crippen molar-refractivity contribution in [3.63, 3.8) is 0 Å². The van der Waals surface area contributed by atoms with Crippen LogP contribution < -0.4 is 4.74 Å². The largest absolute Gasteiger partial charge is 0.487 e. The van der Waals surface area contributed by atoms with Crippen LogP contribution in [-0.2, 0) is 11.9 Å². The molecule has 0 aromatic heterocycles. The van der Waals surface area contributed by atoms with Crippen molar-refractivity contribution in [2.45, 2.75) is 11.9 Å². The molecule has 0 radical (unpaired) electrons. The van der Waals surface area contributed by atoms with Crippen LogP contribution >= 0.6 is 47.8 Å². The number of rotatable bonds is 4. The Morgan fingerprint density at radius 1 is 1.00 bits per heavy atom. The van der Waals surface area contributed by atoms with Gasteiger partial charge in [-0.2, -0.15) is 0 Å². The van der Waals surface area contributed by atoms with Crippen molar-refractivity contribution in [2.24, 2.45) is 0 Å². The highest BCUT2D eigenvalue weighted by Gasteiger charge is 2.09. The van der Waals surface area contributed by atoms with Gasteiger partial charge in [0, 0.05) is 20.9 Å². The highest BCUT2D eigenvalue weighted by Crippen LogP contribution is 2.31. The molecule has 2 aromatic rings. The second-order valence-corrected chi connectivity index (χ2v) is 6.16. The Balaban J connectivity index is 2.19. The van der Waals surface area contributed by atoms with Gasteiger partial charge in [-0.05, 0) is 34.1 Å². The molecule has 0 aliphatic rings. The van der Waals surface area contributed by atoms with Crippen LogP contribution in [0.1, 0.15) is 11.1 Å². The molecule has 5 heteroatoms. The molecule has 1 nitrogen and oxygen atoms in total. The highest BCUT2D eigenvalue weighted by atomic mass is 79.9. The normalized spacial score (nSPS) is 10.5. The smallest absolute Gasteiger partial charge is 0.138 e. The van der Waals surface area contributed by atoms with Crippen LogP contribution in [0.4, 0.5) is 4.39 Å². The fourth-order valence-electron chi connectivity index (χ4n) is 1.61. The highest BCUT2D eigenvalue weighted by molar-refractivity contribution is 9.11. The number of ether oxygens (including phenoxy) is 1. The molecule has 0 bridgehead atoms. The molecule has 0 aliphatic heterocycles. The Morgan fingerprint density at radius 2 is 1.79 bits per heavy atom. The van der Waals surface area contributed by atoms with E-state index in [-0.39, 0.29) is 5.82 Å². The maximum atomic E-state index is 13.0. The molecule has 100 valence electrons.